The highest BCUT2D eigenvalue weighted by Gasteiger charge is 2.52. The van der Waals surface area contributed by atoms with Gasteiger partial charge in [-0.15, -0.1) is 0 Å². The Morgan fingerprint density at radius 2 is 1.81 bits per heavy atom. The van der Waals surface area contributed by atoms with Crippen molar-refractivity contribution in [2.75, 3.05) is 13.1 Å². The molecule has 2 aliphatic heterocycles. The molecular weight excluding hydrogens is 284 g/mol. The molecule has 0 aromatic carbocycles. The number of rotatable bonds is 4. The van der Waals surface area contributed by atoms with E-state index in [1.807, 2.05) is 27.7 Å². The molecular formula is C13H22BF3N2O2. The van der Waals surface area contributed by atoms with Crippen LogP contribution in [-0.2, 0) is 9.31 Å². The van der Waals surface area contributed by atoms with Crippen molar-refractivity contribution in [1.29, 1.82) is 0 Å². The van der Waals surface area contributed by atoms with Crippen LogP contribution in [0.25, 0.3) is 0 Å². The molecule has 0 unspecified atom stereocenters. The second-order valence-electron chi connectivity index (χ2n) is 6.54. The van der Waals surface area contributed by atoms with Crippen LogP contribution in [0.15, 0.2) is 11.7 Å². The fourth-order valence-corrected chi connectivity index (χ4v) is 2.22. The van der Waals surface area contributed by atoms with Gasteiger partial charge in [0, 0.05) is 25.7 Å². The zero-order valence-electron chi connectivity index (χ0n) is 12.9. The zero-order chi connectivity index (χ0) is 15.9. The maximum atomic E-state index is 12.1. The molecule has 0 amide bonds. The van der Waals surface area contributed by atoms with E-state index in [9.17, 15) is 13.2 Å². The van der Waals surface area contributed by atoms with Crippen LogP contribution in [0, 0.1) is 0 Å². The van der Waals surface area contributed by atoms with Gasteiger partial charge < -0.3 is 14.3 Å². The summed E-state index contributed by atoms with van der Waals surface area (Å²) >= 11 is 0. The van der Waals surface area contributed by atoms with Crippen molar-refractivity contribution >= 4 is 7.12 Å². The van der Waals surface area contributed by atoms with Crippen molar-refractivity contribution in [2.45, 2.75) is 57.9 Å². The summed E-state index contributed by atoms with van der Waals surface area (Å²) in [7, 11) is -0.449. The minimum Gasteiger partial charge on any atom is -0.399 e. The largest absolute Gasteiger partial charge is 0.493 e. The van der Waals surface area contributed by atoms with E-state index in [-0.39, 0.29) is 6.42 Å². The third-order valence-corrected chi connectivity index (χ3v) is 4.22. The smallest absolute Gasteiger partial charge is 0.399 e. The predicted octanol–water partition coefficient (Wildman–Crippen LogP) is 2.66. The first-order chi connectivity index (χ1) is 9.50. The summed E-state index contributed by atoms with van der Waals surface area (Å²) in [5.41, 5.74) is 3.11. The Bertz CT molecular complexity index is 408. The highest BCUT2D eigenvalue weighted by atomic mass is 19.4. The highest BCUT2D eigenvalue weighted by molar-refractivity contribution is 6.54. The Balaban J connectivity index is 1.88. The van der Waals surface area contributed by atoms with Gasteiger partial charge in [0.1, 0.15) is 0 Å². The molecule has 8 heteroatoms. The van der Waals surface area contributed by atoms with Crippen molar-refractivity contribution in [3.63, 3.8) is 0 Å². The van der Waals surface area contributed by atoms with E-state index in [4.69, 9.17) is 9.31 Å². The fourth-order valence-electron chi connectivity index (χ4n) is 2.22. The molecule has 2 rings (SSSR count). The van der Waals surface area contributed by atoms with Crippen molar-refractivity contribution < 1.29 is 22.5 Å². The van der Waals surface area contributed by atoms with E-state index in [1.54, 1.807) is 11.2 Å². The average molecular weight is 306 g/mol. The monoisotopic (exact) mass is 306 g/mol. The molecule has 2 heterocycles. The molecule has 0 saturated carbocycles. The quantitative estimate of drug-likeness (QED) is 0.810. The lowest BCUT2D eigenvalue weighted by Crippen LogP contribution is -2.41. The number of hydrazine groups is 1. The number of halogens is 3. The highest BCUT2D eigenvalue weighted by Crippen LogP contribution is 2.38. The van der Waals surface area contributed by atoms with Gasteiger partial charge in [0.15, 0.2) is 0 Å². The van der Waals surface area contributed by atoms with Crippen LogP contribution in [-0.4, -0.2) is 42.6 Å². The van der Waals surface area contributed by atoms with E-state index in [0.717, 1.165) is 5.47 Å². The third kappa shape index (κ3) is 3.93. The molecule has 120 valence electrons. The summed E-state index contributed by atoms with van der Waals surface area (Å²) in [4.78, 5) is 0. The van der Waals surface area contributed by atoms with E-state index < -0.39 is 30.9 Å². The van der Waals surface area contributed by atoms with Crippen LogP contribution in [0.2, 0.25) is 0 Å². The van der Waals surface area contributed by atoms with E-state index in [2.05, 4.69) is 5.43 Å². The molecule has 0 atom stereocenters. The van der Waals surface area contributed by atoms with Crippen LogP contribution in [0.4, 0.5) is 13.2 Å². The van der Waals surface area contributed by atoms with Crippen LogP contribution >= 0.6 is 0 Å². The normalized spacial score (nSPS) is 24.6. The molecule has 21 heavy (non-hydrogen) atoms. The minimum atomic E-state index is -4.10. The molecule has 0 bridgehead atoms. The van der Waals surface area contributed by atoms with Gasteiger partial charge in [-0.05, 0) is 39.6 Å². The number of nitrogens with one attached hydrogen (secondary N) is 1. The van der Waals surface area contributed by atoms with Gasteiger partial charge >= 0.3 is 13.3 Å². The number of alkyl halides is 3. The Kier molecular flexibility index (Phi) is 4.34. The maximum Gasteiger partial charge on any atom is 0.493 e. The number of hydrogen-bond donors (Lipinski definition) is 1. The second-order valence-corrected chi connectivity index (χ2v) is 6.54. The van der Waals surface area contributed by atoms with Gasteiger partial charge in [0.2, 0.25) is 0 Å². The van der Waals surface area contributed by atoms with Crippen molar-refractivity contribution in [1.82, 2.24) is 10.4 Å². The predicted molar refractivity (Wildman–Crippen MR) is 74.2 cm³/mol. The number of nitrogens with zero attached hydrogens (tertiary/aromatic N) is 1. The van der Waals surface area contributed by atoms with E-state index >= 15 is 0 Å². The van der Waals surface area contributed by atoms with Crippen LogP contribution in [0.1, 0.15) is 40.5 Å². The van der Waals surface area contributed by atoms with Gasteiger partial charge in [-0.25, -0.2) is 5.43 Å². The molecule has 1 saturated heterocycles. The summed E-state index contributed by atoms with van der Waals surface area (Å²) < 4.78 is 48.2. The van der Waals surface area contributed by atoms with Gasteiger partial charge in [0.25, 0.3) is 0 Å². The average Bonchev–Trinajstić information content (AvgIpc) is 2.81. The molecule has 0 spiro atoms. The molecule has 0 aromatic heterocycles. The minimum absolute atomic E-state index is 0.0592. The van der Waals surface area contributed by atoms with Crippen LogP contribution in [0.3, 0.4) is 0 Å². The molecule has 1 N–H and O–H groups in total. The fraction of sp³-hybridized carbons (Fsp3) is 0.846. The van der Waals surface area contributed by atoms with Gasteiger partial charge in [0.05, 0.1) is 11.2 Å². The topological polar surface area (TPSA) is 33.7 Å². The first kappa shape index (κ1) is 16.6. The standard InChI is InChI=1S/C13H22BF3N2O2/c1-11(2)12(3,4)21-14(20-11)10-8-18-19(9-10)7-5-6-13(15,16)17/h9,18H,5-8H2,1-4H3. The molecule has 2 aliphatic rings. The summed E-state index contributed by atoms with van der Waals surface area (Å²) in [6.07, 6.45) is -3.02. The summed E-state index contributed by atoms with van der Waals surface area (Å²) in [5, 5.41) is 1.67. The molecule has 4 nitrogen and oxygen atoms in total. The van der Waals surface area contributed by atoms with Crippen molar-refractivity contribution in [3.05, 3.63) is 11.7 Å². The second kappa shape index (κ2) is 5.48. The van der Waals surface area contributed by atoms with Gasteiger partial charge in [-0.3, -0.25) is 0 Å². The summed E-state index contributed by atoms with van der Waals surface area (Å²) in [6, 6.07) is 0. The Hall–Kier alpha value is -0.725. The van der Waals surface area contributed by atoms with Crippen molar-refractivity contribution in [3.8, 4) is 0 Å². The first-order valence-corrected chi connectivity index (χ1v) is 7.13. The zero-order valence-corrected chi connectivity index (χ0v) is 12.9. The number of hydrogen-bond acceptors (Lipinski definition) is 4. The van der Waals surface area contributed by atoms with Gasteiger partial charge in [-0.1, -0.05) is 0 Å². The lowest BCUT2D eigenvalue weighted by atomic mass is 9.79. The van der Waals surface area contributed by atoms with Gasteiger partial charge in [-0.2, -0.15) is 13.2 Å². The molecule has 0 aromatic rings. The third-order valence-electron chi connectivity index (χ3n) is 4.22. The Labute approximate surface area is 123 Å². The summed E-state index contributed by atoms with van der Waals surface area (Å²) in [6.45, 7) is 8.72. The molecule has 1 fully saturated rings. The Morgan fingerprint density at radius 3 is 2.33 bits per heavy atom. The molecule has 0 aliphatic carbocycles. The Morgan fingerprint density at radius 1 is 1.24 bits per heavy atom. The lowest BCUT2D eigenvalue weighted by molar-refractivity contribution is -0.136. The lowest BCUT2D eigenvalue weighted by Gasteiger charge is -2.32. The van der Waals surface area contributed by atoms with E-state index in [1.165, 1.54) is 0 Å². The SMILES string of the molecule is CC1(C)OB(C2=CN(CCCC(F)(F)F)NC2)OC1(C)C. The van der Waals surface area contributed by atoms with Crippen LogP contribution in [0.5, 0.6) is 0 Å². The summed E-state index contributed by atoms with van der Waals surface area (Å²) in [5.74, 6) is 0. The first-order valence-electron chi connectivity index (χ1n) is 7.13. The maximum absolute atomic E-state index is 12.1. The van der Waals surface area contributed by atoms with Crippen molar-refractivity contribution in [2.24, 2.45) is 0 Å². The van der Waals surface area contributed by atoms with E-state index in [0.29, 0.717) is 13.1 Å². The molecule has 0 radical (unpaired) electrons. The van der Waals surface area contributed by atoms with Crippen LogP contribution < -0.4 is 5.43 Å².